The summed E-state index contributed by atoms with van der Waals surface area (Å²) < 4.78 is 10.4. The molecule has 0 radical (unpaired) electrons. The molecule has 1 heterocycles. The fourth-order valence-electron chi connectivity index (χ4n) is 1.25. The number of hydrogen-bond donors (Lipinski definition) is 0. The molecule has 0 amide bonds. The predicted molar refractivity (Wildman–Crippen MR) is 43.5 cm³/mol. The first-order valence-electron chi connectivity index (χ1n) is 4.28. The summed E-state index contributed by atoms with van der Waals surface area (Å²) in [6.07, 6.45) is 0.301. The van der Waals surface area contributed by atoms with Crippen LogP contribution in [0.2, 0.25) is 0 Å². The van der Waals surface area contributed by atoms with Crippen LogP contribution in [-0.2, 0) is 9.47 Å². The van der Waals surface area contributed by atoms with E-state index in [0.29, 0.717) is 12.9 Å². The Balaban J connectivity index is 2.16. The first-order chi connectivity index (χ1) is 5.36. The number of likely N-dealkylation sites (N-methyl/N-ethyl adjacent to an activating group) is 1. The maximum atomic E-state index is 5.32. The van der Waals surface area contributed by atoms with Gasteiger partial charge < -0.3 is 14.4 Å². The molecule has 1 saturated heterocycles. The lowest BCUT2D eigenvalue weighted by Gasteiger charge is -2.20. The molecule has 0 aromatic heterocycles. The first kappa shape index (κ1) is 8.97. The lowest BCUT2D eigenvalue weighted by atomic mass is 10.3. The van der Waals surface area contributed by atoms with Gasteiger partial charge in [0.15, 0.2) is 0 Å². The highest BCUT2D eigenvalue weighted by atomic mass is 16.7. The number of ether oxygens (including phenoxy) is 2. The molecule has 1 fully saturated rings. The molecule has 1 atom stereocenters. The molecule has 1 rings (SSSR count). The van der Waals surface area contributed by atoms with E-state index in [1.54, 1.807) is 0 Å². The van der Waals surface area contributed by atoms with E-state index in [9.17, 15) is 0 Å². The van der Waals surface area contributed by atoms with E-state index in [1.807, 2.05) is 0 Å². The molecular weight excluding hydrogens is 142 g/mol. The molecule has 66 valence electrons. The highest BCUT2D eigenvalue weighted by molar-refractivity contribution is 4.65. The third-order valence-electron chi connectivity index (χ3n) is 2.05. The Labute approximate surface area is 68.3 Å². The van der Waals surface area contributed by atoms with Crippen LogP contribution in [0.4, 0.5) is 0 Å². The Kier molecular flexibility index (Phi) is 3.83. The largest absolute Gasteiger partial charge is 0.353 e. The smallest absolute Gasteiger partial charge is 0.147 e. The average Bonchev–Trinajstić information content (AvgIpc) is 2.52. The zero-order chi connectivity index (χ0) is 8.10. The highest BCUT2D eigenvalue weighted by Crippen LogP contribution is 2.04. The van der Waals surface area contributed by atoms with Gasteiger partial charge in [0.05, 0.1) is 12.7 Å². The Hall–Kier alpha value is -0.120. The summed E-state index contributed by atoms with van der Waals surface area (Å²) in [6.45, 7) is 8.76. The van der Waals surface area contributed by atoms with Gasteiger partial charge in [-0.05, 0) is 13.1 Å². The number of rotatable bonds is 4. The minimum atomic E-state index is 0.301. The van der Waals surface area contributed by atoms with Crippen LogP contribution in [0.1, 0.15) is 13.8 Å². The number of nitrogens with zero attached hydrogens (tertiary/aromatic N) is 1. The quantitative estimate of drug-likeness (QED) is 0.602. The zero-order valence-corrected chi connectivity index (χ0v) is 7.38. The van der Waals surface area contributed by atoms with Crippen molar-refractivity contribution in [3.8, 4) is 0 Å². The van der Waals surface area contributed by atoms with Gasteiger partial charge in [-0.2, -0.15) is 0 Å². The van der Waals surface area contributed by atoms with Crippen molar-refractivity contribution in [1.82, 2.24) is 4.90 Å². The SMILES string of the molecule is CCN(CC)CC1COCO1. The molecule has 3 heteroatoms. The maximum absolute atomic E-state index is 5.32. The van der Waals surface area contributed by atoms with Crippen LogP contribution in [0.25, 0.3) is 0 Å². The summed E-state index contributed by atoms with van der Waals surface area (Å²) in [6, 6.07) is 0. The lowest BCUT2D eigenvalue weighted by Crippen LogP contribution is -2.33. The molecule has 0 aromatic rings. The van der Waals surface area contributed by atoms with Crippen LogP contribution in [-0.4, -0.2) is 44.0 Å². The van der Waals surface area contributed by atoms with Gasteiger partial charge in [-0.3, -0.25) is 0 Å². The fraction of sp³-hybridized carbons (Fsp3) is 1.00. The Morgan fingerprint density at radius 3 is 2.55 bits per heavy atom. The molecule has 0 spiro atoms. The van der Waals surface area contributed by atoms with Gasteiger partial charge >= 0.3 is 0 Å². The third-order valence-corrected chi connectivity index (χ3v) is 2.05. The molecule has 1 aliphatic rings. The molecule has 1 aliphatic heterocycles. The molecular formula is C8H17NO2. The molecule has 0 bridgehead atoms. The van der Waals surface area contributed by atoms with Crippen LogP contribution in [0, 0.1) is 0 Å². The summed E-state index contributed by atoms with van der Waals surface area (Å²) in [5.74, 6) is 0. The molecule has 0 aromatic carbocycles. The van der Waals surface area contributed by atoms with E-state index < -0.39 is 0 Å². The van der Waals surface area contributed by atoms with E-state index in [-0.39, 0.29) is 0 Å². The summed E-state index contributed by atoms with van der Waals surface area (Å²) in [4.78, 5) is 2.35. The summed E-state index contributed by atoms with van der Waals surface area (Å²) in [7, 11) is 0. The molecule has 0 N–H and O–H groups in total. The normalized spacial score (nSPS) is 24.8. The van der Waals surface area contributed by atoms with Crippen LogP contribution >= 0.6 is 0 Å². The minimum absolute atomic E-state index is 0.301. The van der Waals surface area contributed by atoms with E-state index in [1.165, 1.54) is 0 Å². The summed E-state index contributed by atoms with van der Waals surface area (Å²) in [5.41, 5.74) is 0. The Bertz CT molecular complexity index is 98.3. The minimum Gasteiger partial charge on any atom is -0.353 e. The lowest BCUT2D eigenvalue weighted by molar-refractivity contribution is 0.0361. The van der Waals surface area contributed by atoms with Crippen LogP contribution in [0.5, 0.6) is 0 Å². The highest BCUT2D eigenvalue weighted by Gasteiger charge is 2.17. The molecule has 3 nitrogen and oxygen atoms in total. The topological polar surface area (TPSA) is 21.7 Å². The first-order valence-corrected chi connectivity index (χ1v) is 4.28. The van der Waals surface area contributed by atoms with Crippen molar-refractivity contribution >= 4 is 0 Å². The fourth-order valence-corrected chi connectivity index (χ4v) is 1.25. The monoisotopic (exact) mass is 159 g/mol. The van der Waals surface area contributed by atoms with Crippen LogP contribution < -0.4 is 0 Å². The second-order valence-corrected chi connectivity index (χ2v) is 2.76. The van der Waals surface area contributed by atoms with Crippen molar-refractivity contribution in [1.29, 1.82) is 0 Å². The van der Waals surface area contributed by atoms with Crippen molar-refractivity contribution < 1.29 is 9.47 Å². The van der Waals surface area contributed by atoms with E-state index >= 15 is 0 Å². The van der Waals surface area contributed by atoms with Gasteiger partial charge in [0.2, 0.25) is 0 Å². The van der Waals surface area contributed by atoms with Crippen molar-refractivity contribution in [2.24, 2.45) is 0 Å². The average molecular weight is 159 g/mol. The van der Waals surface area contributed by atoms with Crippen molar-refractivity contribution in [2.75, 3.05) is 33.0 Å². The van der Waals surface area contributed by atoms with Gasteiger partial charge in [-0.15, -0.1) is 0 Å². The summed E-state index contributed by atoms with van der Waals surface area (Å²) >= 11 is 0. The van der Waals surface area contributed by atoms with Gasteiger partial charge in [0.25, 0.3) is 0 Å². The van der Waals surface area contributed by atoms with E-state index in [0.717, 1.165) is 26.2 Å². The van der Waals surface area contributed by atoms with Gasteiger partial charge in [-0.25, -0.2) is 0 Å². The maximum Gasteiger partial charge on any atom is 0.147 e. The van der Waals surface area contributed by atoms with Gasteiger partial charge in [0.1, 0.15) is 6.79 Å². The second-order valence-electron chi connectivity index (χ2n) is 2.76. The van der Waals surface area contributed by atoms with Crippen LogP contribution in [0.15, 0.2) is 0 Å². The van der Waals surface area contributed by atoms with Crippen LogP contribution in [0.3, 0.4) is 0 Å². The zero-order valence-electron chi connectivity index (χ0n) is 7.38. The van der Waals surface area contributed by atoms with Gasteiger partial charge in [0, 0.05) is 6.54 Å². The standard InChI is InChI=1S/C8H17NO2/c1-3-9(4-2)5-8-6-10-7-11-8/h8H,3-7H2,1-2H3. The Morgan fingerprint density at radius 1 is 1.36 bits per heavy atom. The molecule has 0 saturated carbocycles. The third kappa shape index (κ3) is 2.77. The number of hydrogen-bond acceptors (Lipinski definition) is 3. The Morgan fingerprint density at radius 2 is 2.09 bits per heavy atom. The molecule has 0 aliphatic carbocycles. The van der Waals surface area contributed by atoms with E-state index in [2.05, 4.69) is 18.7 Å². The van der Waals surface area contributed by atoms with Crippen molar-refractivity contribution in [3.05, 3.63) is 0 Å². The second kappa shape index (κ2) is 4.70. The van der Waals surface area contributed by atoms with Gasteiger partial charge in [-0.1, -0.05) is 13.8 Å². The van der Waals surface area contributed by atoms with Crippen molar-refractivity contribution in [2.45, 2.75) is 20.0 Å². The van der Waals surface area contributed by atoms with E-state index in [4.69, 9.17) is 9.47 Å². The van der Waals surface area contributed by atoms with Crippen molar-refractivity contribution in [3.63, 3.8) is 0 Å². The molecule has 11 heavy (non-hydrogen) atoms. The summed E-state index contributed by atoms with van der Waals surface area (Å²) in [5, 5.41) is 0. The molecule has 1 unspecified atom stereocenters. The predicted octanol–water partition coefficient (Wildman–Crippen LogP) is 0.701.